The van der Waals surface area contributed by atoms with Crippen LogP contribution in [0.4, 0.5) is 0 Å². The number of nitriles is 1. The number of hydrogen-bond acceptors (Lipinski definition) is 3. The van der Waals surface area contributed by atoms with Crippen LogP contribution in [0.5, 0.6) is 0 Å². The zero-order valence-corrected chi connectivity index (χ0v) is 12.6. The van der Waals surface area contributed by atoms with Crippen molar-refractivity contribution in [2.45, 2.75) is 53.0 Å². The van der Waals surface area contributed by atoms with Gasteiger partial charge in [0.25, 0.3) is 0 Å². The lowest BCUT2D eigenvalue weighted by Crippen LogP contribution is -2.52. The van der Waals surface area contributed by atoms with Gasteiger partial charge in [-0.3, -0.25) is 9.59 Å². The minimum Gasteiger partial charge on any atom is -0.354 e. The molecule has 2 rings (SSSR count). The van der Waals surface area contributed by atoms with Crippen molar-refractivity contribution in [2.75, 3.05) is 0 Å². The molecule has 3 atom stereocenters. The molecule has 2 aliphatic rings. The summed E-state index contributed by atoms with van der Waals surface area (Å²) in [5.74, 6) is 0.165. The number of nitrogens with zero attached hydrogens (tertiary/aromatic N) is 1. The number of amides is 1. The summed E-state index contributed by atoms with van der Waals surface area (Å²) in [6.07, 6.45) is 4.43. The van der Waals surface area contributed by atoms with Crippen LogP contribution < -0.4 is 5.32 Å². The van der Waals surface area contributed by atoms with Crippen molar-refractivity contribution in [1.29, 1.82) is 5.26 Å². The summed E-state index contributed by atoms with van der Waals surface area (Å²) in [5.41, 5.74) is -0.430. The number of rotatable bonds is 1. The van der Waals surface area contributed by atoms with Gasteiger partial charge in [0.1, 0.15) is 6.07 Å². The Balaban J connectivity index is 2.37. The lowest BCUT2D eigenvalue weighted by molar-refractivity contribution is -0.132. The van der Waals surface area contributed by atoms with Crippen molar-refractivity contribution >= 4 is 11.7 Å². The predicted molar refractivity (Wildman–Crippen MR) is 75.5 cm³/mol. The van der Waals surface area contributed by atoms with E-state index in [1.165, 1.54) is 6.92 Å². The maximum Gasteiger partial charge on any atom is 0.217 e. The van der Waals surface area contributed by atoms with E-state index in [-0.39, 0.29) is 34.6 Å². The molecule has 0 bridgehead atoms. The van der Waals surface area contributed by atoms with Gasteiger partial charge >= 0.3 is 0 Å². The second kappa shape index (κ2) is 4.73. The molecule has 0 spiro atoms. The number of ketones is 1. The molecule has 4 heteroatoms. The molecule has 0 saturated heterocycles. The van der Waals surface area contributed by atoms with Gasteiger partial charge in [-0.1, -0.05) is 26.8 Å². The number of carbonyl (C=O) groups excluding carboxylic acids is 2. The quantitative estimate of drug-likeness (QED) is 0.798. The minimum atomic E-state index is -0.504. The summed E-state index contributed by atoms with van der Waals surface area (Å²) < 4.78 is 0. The SMILES string of the molecule is CC(=O)N[C@H]1CC[C@@H]2C(C)(C)C(=O)C(C#N)=C[C@]2(C)C1. The van der Waals surface area contributed by atoms with Gasteiger partial charge < -0.3 is 5.32 Å². The zero-order valence-electron chi connectivity index (χ0n) is 12.6. The summed E-state index contributed by atoms with van der Waals surface area (Å²) >= 11 is 0. The Morgan fingerprint density at radius 2 is 2.05 bits per heavy atom. The van der Waals surface area contributed by atoms with Crippen LogP contribution in [0.15, 0.2) is 11.6 Å². The third-order valence-corrected chi connectivity index (χ3v) is 4.99. The summed E-state index contributed by atoms with van der Waals surface area (Å²) in [6, 6.07) is 2.18. The molecular formula is C16H22N2O2. The molecule has 0 aliphatic heterocycles. The highest BCUT2D eigenvalue weighted by molar-refractivity contribution is 6.04. The minimum absolute atomic E-state index is 0.0207. The van der Waals surface area contributed by atoms with E-state index in [0.29, 0.717) is 0 Å². The summed E-state index contributed by atoms with van der Waals surface area (Å²) in [5, 5.41) is 12.2. The van der Waals surface area contributed by atoms with Crippen molar-refractivity contribution in [2.24, 2.45) is 16.7 Å². The van der Waals surface area contributed by atoms with Crippen LogP contribution in [0.2, 0.25) is 0 Å². The van der Waals surface area contributed by atoms with Gasteiger partial charge in [-0.05, 0) is 30.6 Å². The van der Waals surface area contributed by atoms with E-state index in [1.807, 2.05) is 26.0 Å². The van der Waals surface area contributed by atoms with Gasteiger partial charge in [-0.2, -0.15) is 5.26 Å². The van der Waals surface area contributed by atoms with Gasteiger partial charge in [-0.15, -0.1) is 0 Å². The average molecular weight is 274 g/mol. The third-order valence-electron chi connectivity index (χ3n) is 4.99. The Morgan fingerprint density at radius 3 is 2.60 bits per heavy atom. The van der Waals surface area contributed by atoms with Crippen LogP contribution in [-0.4, -0.2) is 17.7 Å². The molecule has 108 valence electrons. The Bertz CT molecular complexity index is 527. The first-order chi connectivity index (χ1) is 9.20. The van der Waals surface area contributed by atoms with Gasteiger partial charge in [-0.25, -0.2) is 0 Å². The van der Waals surface area contributed by atoms with Crippen LogP contribution in [0.1, 0.15) is 47.0 Å². The Labute approximate surface area is 120 Å². The maximum absolute atomic E-state index is 12.4. The summed E-state index contributed by atoms with van der Waals surface area (Å²) in [7, 11) is 0. The molecule has 4 nitrogen and oxygen atoms in total. The standard InChI is InChI=1S/C16H22N2O2/c1-10(19)18-12-5-6-13-15(2,3)14(20)11(9-17)7-16(13,4)8-12/h7,12-13H,5-6,8H2,1-4H3,(H,18,19)/t12-,13+,16+/m0/s1. The topological polar surface area (TPSA) is 70.0 Å². The van der Waals surface area contributed by atoms with E-state index in [1.54, 1.807) is 0 Å². The summed E-state index contributed by atoms with van der Waals surface area (Å²) in [6.45, 7) is 7.53. The second-order valence-electron chi connectivity index (χ2n) is 6.96. The monoisotopic (exact) mass is 274 g/mol. The van der Waals surface area contributed by atoms with Gasteiger partial charge in [0.2, 0.25) is 5.91 Å². The normalized spacial score (nSPS) is 35.5. The number of carbonyl (C=O) groups is 2. The van der Waals surface area contributed by atoms with Crippen LogP contribution in [0.25, 0.3) is 0 Å². The van der Waals surface area contributed by atoms with E-state index in [4.69, 9.17) is 0 Å². The number of fused-ring (bicyclic) bond motifs is 1. The first-order valence-corrected chi connectivity index (χ1v) is 7.15. The van der Waals surface area contributed by atoms with Crippen LogP contribution in [-0.2, 0) is 9.59 Å². The van der Waals surface area contributed by atoms with Crippen molar-refractivity contribution < 1.29 is 9.59 Å². The molecule has 0 aromatic heterocycles. The highest BCUT2D eigenvalue weighted by Gasteiger charge is 2.53. The molecular weight excluding hydrogens is 252 g/mol. The van der Waals surface area contributed by atoms with Crippen LogP contribution in [0, 0.1) is 28.1 Å². The molecule has 0 aromatic rings. The molecule has 0 unspecified atom stereocenters. The average Bonchev–Trinajstić information content (AvgIpc) is 2.32. The molecule has 20 heavy (non-hydrogen) atoms. The molecule has 1 saturated carbocycles. The molecule has 2 aliphatic carbocycles. The van der Waals surface area contributed by atoms with E-state index in [0.717, 1.165) is 19.3 Å². The van der Waals surface area contributed by atoms with Crippen molar-refractivity contribution in [3.8, 4) is 6.07 Å². The zero-order chi connectivity index (χ0) is 15.1. The highest BCUT2D eigenvalue weighted by Crippen LogP contribution is 2.54. The van der Waals surface area contributed by atoms with Gasteiger partial charge in [0.15, 0.2) is 5.78 Å². The Morgan fingerprint density at radius 1 is 1.40 bits per heavy atom. The van der Waals surface area contributed by atoms with E-state index in [9.17, 15) is 14.9 Å². The summed E-state index contributed by atoms with van der Waals surface area (Å²) in [4.78, 5) is 23.6. The fourth-order valence-corrected chi connectivity index (χ4v) is 4.21. The lowest BCUT2D eigenvalue weighted by Gasteiger charge is -2.52. The van der Waals surface area contributed by atoms with Crippen molar-refractivity contribution in [1.82, 2.24) is 5.32 Å². The first-order valence-electron chi connectivity index (χ1n) is 7.15. The predicted octanol–water partition coefficient (Wildman–Crippen LogP) is 2.36. The van der Waals surface area contributed by atoms with Crippen LogP contribution in [0.3, 0.4) is 0 Å². The molecule has 1 amide bonds. The molecule has 0 radical (unpaired) electrons. The second-order valence-corrected chi connectivity index (χ2v) is 6.96. The van der Waals surface area contributed by atoms with E-state index in [2.05, 4.69) is 12.2 Å². The van der Waals surface area contributed by atoms with E-state index < -0.39 is 5.41 Å². The Hall–Kier alpha value is -1.63. The fourth-order valence-electron chi connectivity index (χ4n) is 4.21. The molecule has 0 heterocycles. The largest absolute Gasteiger partial charge is 0.354 e. The number of allylic oxidation sites excluding steroid dienone is 2. The van der Waals surface area contributed by atoms with Crippen LogP contribution >= 0.6 is 0 Å². The fraction of sp³-hybridized carbons (Fsp3) is 0.688. The van der Waals surface area contributed by atoms with Crippen molar-refractivity contribution in [3.63, 3.8) is 0 Å². The molecule has 1 N–H and O–H groups in total. The number of Topliss-reactive ketones (excluding diaryl/α,β-unsaturated/α-hetero) is 1. The van der Waals surface area contributed by atoms with Gasteiger partial charge in [0, 0.05) is 18.4 Å². The number of nitrogens with one attached hydrogen (secondary N) is 1. The van der Waals surface area contributed by atoms with Crippen molar-refractivity contribution in [3.05, 3.63) is 11.6 Å². The smallest absolute Gasteiger partial charge is 0.217 e. The highest BCUT2D eigenvalue weighted by atomic mass is 16.1. The lowest BCUT2D eigenvalue weighted by atomic mass is 9.52. The van der Waals surface area contributed by atoms with E-state index >= 15 is 0 Å². The first kappa shape index (κ1) is 14.8. The molecule has 1 fully saturated rings. The third kappa shape index (κ3) is 2.26. The Kier molecular flexibility index (Phi) is 3.49. The van der Waals surface area contributed by atoms with Gasteiger partial charge in [0.05, 0.1) is 5.57 Å². The number of hydrogen-bond donors (Lipinski definition) is 1. The molecule has 0 aromatic carbocycles. The maximum atomic E-state index is 12.4.